The van der Waals surface area contributed by atoms with E-state index in [2.05, 4.69) is 13.8 Å². The Balaban J connectivity index is 1.55. The van der Waals surface area contributed by atoms with Gasteiger partial charge in [0, 0.05) is 5.41 Å². The third-order valence-electron chi connectivity index (χ3n) is 9.76. The first-order valence-corrected chi connectivity index (χ1v) is 9.83. The second-order valence-corrected chi connectivity index (χ2v) is 10.1. The molecule has 0 aromatic rings. The molecule has 23 heavy (non-hydrogen) atoms. The Hall–Kier alpha value is -0.120. The van der Waals surface area contributed by atoms with E-state index in [1.54, 1.807) is 0 Å². The predicted octanol–water partition coefficient (Wildman–Crippen LogP) is 3.13. The van der Waals surface area contributed by atoms with Crippen LogP contribution in [-0.2, 0) is 4.74 Å². The monoisotopic (exact) mass is 320 g/mol. The standard InChI is InChI=1S/C20H32O3/c1-17-12-23-16(17)5-6-18(2)15(17)4-3-13-9-14-10-19(13,18)7-8-20(14,22)11-21/h13-16,21-22H,3-12H2,1-2H3/t13-,14+,15-,16?,17-,18-,19?,20-/m0/s1. The molecule has 4 saturated carbocycles. The van der Waals surface area contributed by atoms with E-state index >= 15 is 0 Å². The van der Waals surface area contributed by atoms with Crippen LogP contribution in [0.3, 0.4) is 0 Å². The number of hydrogen-bond donors (Lipinski definition) is 2. The summed E-state index contributed by atoms with van der Waals surface area (Å²) >= 11 is 0. The van der Waals surface area contributed by atoms with E-state index in [-0.39, 0.29) is 6.61 Å². The van der Waals surface area contributed by atoms with Gasteiger partial charge in [-0.2, -0.15) is 0 Å². The van der Waals surface area contributed by atoms with Crippen LogP contribution < -0.4 is 0 Å². The fourth-order valence-corrected chi connectivity index (χ4v) is 8.35. The topological polar surface area (TPSA) is 49.7 Å². The highest BCUT2D eigenvalue weighted by atomic mass is 16.5. The van der Waals surface area contributed by atoms with E-state index in [1.807, 2.05) is 0 Å². The van der Waals surface area contributed by atoms with Crippen molar-refractivity contribution in [1.29, 1.82) is 0 Å². The summed E-state index contributed by atoms with van der Waals surface area (Å²) in [6.45, 7) is 5.99. The fourth-order valence-electron chi connectivity index (χ4n) is 8.35. The van der Waals surface area contributed by atoms with E-state index in [4.69, 9.17) is 4.74 Å². The highest BCUT2D eigenvalue weighted by Gasteiger charge is 2.71. The summed E-state index contributed by atoms with van der Waals surface area (Å²) in [5.41, 5.74) is 0.437. The van der Waals surface area contributed by atoms with Crippen LogP contribution in [-0.4, -0.2) is 35.1 Å². The molecule has 2 bridgehead atoms. The van der Waals surface area contributed by atoms with Gasteiger partial charge < -0.3 is 14.9 Å². The van der Waals surface area contributed by atoms with Crippen molar-refractivity contribution in [2.24, 2.45) is 34.0 Å². The Morgan fingerprint density at radius 1 is 1.04 bits per heavy atom. The molecule has 3 heteroatoms. The number of aliphatic hydroxyl groups excluding tert-OH is 1. The maximum Gasteiger partial charge on any atom is 0.0905 e. The number of fused-ring (bicyclic) bond motifs is 4. The van der Waals surface area contributed by atoms with Crippen LogP contribution in [0, 0.1) is 34.0 Å². The SMILES string of the molecule is C[C@]12CCC3OC[C@@]3(C)[C@@H]1CC[C@H]1C[C@@H]3CC12CC[C@]3(O)CO. The lowest BCUT2D eigenvalue weighted by molar-refractivity contribution is -0.289. The maximum atomic E-state index is 10.9. The summed E-state index contributed by atoms with van der Waals surface area (Å²) in [5.74, 6) is 1.89. The quantitative estimate of drug-likeness (QED) is 0.780. The van der Waals surface area contributed by atoms with Gasteiger partial charge in [-0.3, -0.25) is 0 Å². The van der Waals surface area contributed by atoms with Crippen molar-refractivity contribution in [3.63, 3.8) is 0 Å². The van der Waals surface area contributed by atoms with Crippen LogP contribution in [0.2, 0.25) is 0 Å². The Morgan fingerprint density at radius 3 is 2.57 bits per heavy atom. The van der Waals surface area contributed by atoms with Gasteiger partial charge in [-0.1, -0.05) is 13.8 Å². The molecule has 0 radical (unpaired) electrons. The third kappa shape index (κ3) is 1.54. The molecule has 0 amide bonds. The van der Waals surface area contributed by atoms with Crippen molar-refractivity contribution in [3.05, 3.63) is 0 Å². The van der Waals surface area contributed by atoms with Gasteiger partial charge in [0.2, 0.25) is 0 Å². The zero-order valence-corrected chi connectivity index (χ0v) is 14.7. The first-order chi connectivity index (χ1) is 10.9. The first kappa shape index (κ1) is 15.2. The molecule has 1 spiro atoms. The smallest absolute Gasteiger partial charge is 0.0905 e. The summed E-state index contributed by atoms with van der Waals surface area (Å²) in [7, 11) is 0. The predicted molar refractivity (Wildman–Crippen MR) is 87.8 cm³/mol. The molecule has 130 valence electrons. The molecule has 1 saturated heterocycles. The maximum absolute atomic E-state index is 10.9. The second kappa shape index (κ2) is 4.34. The largest absolute Gasteiger partial charge is 0.393 e. The minimum absolute atomic E-state index is 0.0474. The Labute approximate surface area is 139 Å². The average Bonchev–Trinajstić information content (AvgIpc) is 2.87. The second-order valence-electron chi connectivity index (χ2n) is 10.1. The number of aliphatic hydroxyl groups is 2. The lowest BCUT2D eigenvalue weighted by atomic mass is 9.38. The molecule has 1 heterocycles. The molecule has 2 unspecified atom stereocenters. The van der Waals surface area contributed by atoms with Crippen molar-refractivity contribution in [2.45, 2.75) is 76.9 Å². The number of hydrogen-bond acceptors (Lipinski definition) is 3. The van der Waals surface area contributed by atoms with Gasteiger partial charge >= 0.3 is 0 Å². The minimum atomic E-state index is -0.796. The highest BCUT2D eigenvalue weighted by Crippen LogP contribution is 2.76. The lowest BCUT2D eigenvalue weighted by Gasteiger charge is -2.69. The first-order valence-electron chi connectivity index (χ1n) is 9.83. The molecule has 4 aliphatic carbocycles. The van der Waals surface area contributed by atoms with E-state index in [0.717, 1.165) is 44.1 Å². The van der Waals surface area contributed by atoms with Gasteiger partial charge in [0.05, 0.1) is 24.9 Å². The van der Waals surface area contributed by atoms with Crippen molar-refractivity contribution < 1.29 is 14.9 Å². The summed E-state index contributed by atoms with van der Waals surface area (Å²) in [5, 5.41) is 20.6. The molecule has 1 aliphatic heterocycles. The molecule has 0 aromatic heterocycles. The van der Waals surface area contributed by atoms with Gasteiger partial charge in [0.25, 0.3) is 0 Å². The number of ether oxygens (including phenoxy) is 1. The third-order valence-corrected chi connectivity index (χ3v) is 9.76. The Kier molecular flexibility index (Phi) is 2.86. The lowest BCUT2D eigenvalue weighted by Crippen LogP contribution is -2.67. The van der Waals surface area contributed by atoms with Crippen LogP contribution >= 0.6 is 0 Å². The molecule has 5 aliphatic rings. The van der Waals surface area contributed by atoms with E-state index in [0.29, 0.717) is 28.3 Å². The summed E-state index contributed by atoms with van der Waals surface area (Å²) < 4.78 is 5.92. The van der Waals surface area contributed by atoms with Gasteiger partial charge in [0.1, 0.15) is 0 Å². The molecule has 3 nitrogen and oxygen atoms in total. The van der Waals surface area contributed by atoms with Crippen LogP contribution in [0.15, 0.2) is 0 Å². The number of rotatable bonds is 1. The molecule has 0 aromatic carbocycles. The van der Waals surface area contributed by atoms with Gasteiger partial charge in [-0.25, -0.2) is 0 Å². The summed E-state index contributed by atoms with van der Waals surface area (Å²) in [6.07, 6.45) is 9.96. The van der Waals surface area contributed by atoms with Crippen molar-refractivity contribution in [1.82, 2.24) is 0 Å². The molecule has 2 N–H and O–H groups in total. The Bertz CT molecular complexity index is 535. The van der Waals surface area contributed by atoms with Crippen LogP contribution in [0.25, 0.3) is 0 Å². The molecular formula is C20H32O3. The van der Waals surface area contributed by atoms with Crippen LogP contribution in [0.4, 0.5) is 0 Å². The Morgan fingerprint density at radius 2 is 1.87 bits per heavy atom. The molecule has 5 rings (SSSR count). The zero-order chi connectivity index (χ0) is 16.1. The molecular weight excluding hydrogens is 288 g/mol. The summed E-state index contributed by atoms with van der Waals surface area (Å²) in [6, 6.07) is 0. The van der Waals surface area contributed by atoms with Crippen LogP contribution in [0.1, 0.15) is 65.2 Å². The van der Waals surface area contributed by atoms with Crippen molar-refractivity contribution in [2.75, 3.05) is 13.2 Å². The highest BCUT2D eigenvalue weighted by molar-refractivity contribution is 5.20. The van der Waals surface area contributed by atoms with E-state index in [1.165, 1.54) is 25.7 Å². The van der Waals surface area contributed by atoms with Gasteiger partial charge in [-0.05, 0) is 80.0 Å². The zero-order valence-electron chi connectivity index (χ0n) is 14.7. The average molecular weight is 320 g/mol. The van der Waals surface area contributed by atoms with E-state index < -0.39 is 5.60 Å². The van der Waals surface area contributed by atoms with Gasteiger partial charge in [-0.15, -0.1) is 0 Å². The molecule has 5 fully saturated rings. The minimum Gasteiger partial charge on any atom is -0.393 e. The van der Waals surface area contributed by atoms with Crippen LogP contribution in [0.5, 0.6) is 0 Å². The normalized spacial score (nSPS) is 63.7. The summed E-state index contributed by atoms with van der Waals surface area (Å²) in [4.78, 5) is 0. The fraction of sp³-hybridized carbons (Fsp3) is 1.00. The van der Waals surface area contributed by atoms with E-state index in [9.17, 15) is 10.2 Å². The van der Waals surface area contributed by atoms with Crippen molar-refractivity contribution >= 4 is 0 Å². The molecule has 8 atom stereocenters. The van der Waals surface area contributed by atoms with Crippen molar-refractivity contribution in [3.8, 4) is 0 Å². The van der Waals surface area contributed by atoms with Gasteiger partial charge in [0.15, 0.2) is 0 Å².